The molecule has 0 unspecified atom stereocenters. The van der Waals surface area contributed by atoms with Crippen molar-refractivity contribution in [3.05, 3.63) is 29.3 Å². The molecular formula is C11H8FNO4. The van der Waals surface area contributed by atoms with Crippen molar-refractivity contribution in [2.75, 3.05) is 14.2 Å². The lowest BCUT2D eigenvalue weighted by molar-refractivity contribution is -0.133. The summed E-state index contributed by atoms with van der Waals surface area (Å²) in [6.07, 6.45) is 1.09. The average molecular weight is 237 g/mol. The maximum absolute atomic E-state index is 13.1. The second-order valence-corrected chi connectivity index (χ2v) is 2.80. The molecule has 1 rings (SSSR count). The third kappa shape index (κ3) is 3.28. The normalized spacial score (nSPS) is 8.88. The quantitative estimate of drug-likeness (QED) is 0.405. The van der Waals surface area contributed by atoms with Gasteiger partial charge in [-0.3, -0.25) is 0 Å². The number of methoxy groups -OCH3 is 2. The number of esters is 2. The number of pyridine rings is 1. The minimum absolute atomic E-state index is 0.206. The smallest absolute Gasteiger partial charge is 0.384 e. The molecule has 0 bridgehead atoms. The highest BCUT2D eigenvalue weighted by atomic mass is 19.1. The molecule has 1 aromatic rings. The van der Waals surface area contributed by atoms with Gasteiger partial charge in [0, 0.05) is 17.7 Å². The zero-order valence-electron chi connectivity index (χ0n) is 9.11. The van der Waals surface area contributed by atoms with Gasteiger partial charge in [-0.05, 0) is 6.07 Å². The molecule has 0 aromatic carbocycles. The number of ether oxygens (including phenoxy) is 2. The van der Waals surface area contributed by atoms with E-state index in [4.69, 9.17) is 0 Å². The molecule has 5 nitrogen and oxygen atoms in total. The number of aromatic nitrogens is 1. The summed E-state index contributed by atoms with van der Waals surface area (Å²) in [6.45, 7) is 0. The van der Waals surface area contributed by atoms with E-state index >= 15 is 0 Å². The SMILES string of the molecule is COC(=O)C#Cc1cnc(F)c(C(=O)OC)c1. The Morgan fingerprint density at radius 3 is 2.65 bits per heavy atom. The van der Waals surface area contributed by atoms with Gasteiger partial charge in [0.1, 0.15) is 5.56 Å². The topological polar surface area (TPSA) is 65.5 Å². The summed E-state index contributed by atoms with van der Waals surface area (Å²) >= 11 is 0. The van der Waals surface area contributed by atoms with E-state index in [9.17, 15) is 14.0 Å². The average Bonchev–Trinajstić information content (AvgIpc) is 2.36. The number of nitrogens with zero attached hydrogens (tertiary/aromatic N) is 1. The van der Waals surface area contributed by atoms with Crippen LogP contribution in [0, 0.1) is 17.8 Å². The van der Waals surface area contributed by atoms with Crippen LogP contribution in [0.1, 0.15) is 15.9 Å². The summed E-state index contributed by atoms with van der Waals surface area (Å²) in [5, 5.41) is 0. The fourth-order valence-electron chi connectivity index (χ4n) is 0.944. The van der Waals surface area contributed by atoms with Gasteiger partial charge in [-0.1, -0.05) is 5.92 Å². The molecule has 1 aromatic heterocycles. The van der Waals surface area contributed by atoms with Gasteiger partial charge in [-0.25, -0.2) is 14.6 Å². The summed E-state index contributed by atoms with van der Waals surface area (Å²) in [6, 6.07) is 1.14. The Balaban J connectivity index is 3.07. The highest BCUT2D eigenvalue weighted by molar-refractivity contribution is 5.91. The first-order valence-corrected chi connectivity index (χ1v) is 4.42. The predicted molar refractivity (Wildman–Crippen MR) is 54.4 cm³/mol. The van der Waals surface area contributed by atoms with E-state index < -0.39 is 17.9 Å². The van der Waals surface area contributed by atoms with Crippen molar-refractivity contribution in [2.45, 2.75) is 0 Å². The highest BCUT2D eigenvalue weighted by Crippen LogP contribution is 2.08. The van der Waals surface area contributed by atoms with Gasteiger partial charge in [-0.2, -0.15) is 4.39 Å². The third-order valence-electron chi connectivity index (χ3n) is 1.74. The van der Waals surface area contributed by atoms with Gasteiger partial charge >= 0.3 is 11.9 Å². The van der Waals surface area contributed by atoms with Crippen molar-refractivity contribution in [3.8, 4) is 11.8 Å². The van der Waals surface area contributed by atoms with Crippen LogP contribution in [0.3, 0.4) is 0 Å². The van der Waals surface area contributed by atoms with E-state index in [0.717, 1.165) is 19.4 Å². The first kappa shape index (κ1) is 12.6. The fraction of sp³-hybridized carbons (Fsp3) is 0.182. The van der Waals surface area contributed by atoms with Crippen LogP contribution < -0.4 is 0 Å². The standard InChI is InChI=1S/C11H8FNO4/c1-16-9(14)4-3-7-5-8(11(15)17-2)10(12)13-6-7/h5-6H,1-2H3. The number of halogens is 1. The summed E-state index contributed by atoms with van der Waals surface area (Å²) < 4.78 is 21.8. The largest absolute Gasteiger partial charge is 0.465 e. The summed E-state index contributed by atoms with van der Waals surface area (Å²) in [4.78, 5) is 25.2. The molecule has 6 heteroatoms. The highest BCUT2D eigenvalue weighted by Gasteiger charge is 2.13. The van der Waals surface area contributed by atoms with Crippen LogP contribution in [0.25, 0.3) is 0 Å². The number of rotatable bonds is 1. The van der Waals surface area contributed by atoms with E-state index in [-0.39, 0.29) is 11.1 Å². The number of carbonyl (C=O) groups is 2. The van der Waals surface area contributed by atoms with Crippen molar-refractivity contribution in [1.29, 1.82) is 0 Å². The van der Waals surface area contributed by atoms with E-state index in [1.54, 1.807) is 0 Å². The molecule has 1 heterocycles. The second kappa shape index (κ2) is 5.61. The molecule has 0 spiro atoms. The molecule has 0 aliphatic rings. The van der Waals surface area contributed by atoms with Crippen molar-refractivity contribution in [2.24, 2.45) is 0 Å². The lowest BCUT2D eigenvalue weighted by atomic mass is 10.2. The molecule has 0 aliphatic heterocycles. The van der Waals surface area contributed by atoms with Gasteiger partial charge in [0.25, 0.3) is 0 Å². The summed E-state index contributed by atoms with van der Waals surface area (Å²) in [5.74, 6) is 1.94. The van der Waals surface area contributed by atoms with Crippen molar-refractivity contribution in [1.82, 2.24) is 4.98 Å². The second-order valence-electron chi connectivity index (χ2n) is 2.80. The van der Waals surface area contributed by atoms with Crippen LogP contribution in [-0.2, 0) is 14.3 Å². The van der Waals surface area contributed by atoms with Gasteiger partial charge < -0.3 is 9.47 Å². The monoisotopic (exact) mass is 237 g/mol. The molecular weight excluding hydrogens is 229 g/mol. The summed E-state index contributed by atoms with van der Waals surface area (Å²) in [7, 11) is 2.30. The van der Waals surface area contributed by atoms with Crippen LogP contribution in [-0.4, -0.2) is 31.1 Å². The number of carbonyl (C=O) groups excluding carboxylic acids is 2. The maximum atomic E-state index is 13.1. The predicted octanol–water partition coefficient (Wildman–Crippen LogP) is 0.532. The number of hydrogen-bond acceptors (Lipinski definition) is 5. The van der Waals surface area contributed by atoms with E-state index in [1.807, 2.05) is 0 Å². The maximum Gasteiger partial charge on any atom is 0.384 e. The van der Waals surface area contributed by atoms with Gasteiger partial charge in [0.15, 0.2) is 0 Å². The van der Waals surface area contributed by atoms with Gasteiger partial charge in [-0.15, -0.1) is 0 Å². The van der Waals surface area contributed by atoms with Crippen LogP contribution in [0.2, 0.25) is 0 Å². The minimum Gasteiger partial charge on any atom is -0.465 e. The molecule has 0 atom stereocenters. The van der Waals surface area contributed by atoms with E-state index in [2.05, 4.69) is 26.3 Å². The Morgan fingerprint density at radius 1 is 1.35 bits per heavy atom. The summed E-state index contributed by atoms with van der Waals surface area (Å²) in [5.41, 5.74) is -0.138. The Bertz CT molecular complexity index is 516. The molecule has 17 heavy (non-hydrogen) atoms. The Kier molecular flexibility index (Phi) is 4.17. The first-order chi connectivity index (χ1) is 8.08. The van der Waals surface area contributed by atoms with E-state index in [1.165, 1.54) is 7.11 Å². The Hall–Kier alpha value is -2.42. The Morgan fingerprint density at radius 2 is 2.06 bits per heavy atom. The van der Waals surface area contributed by atoms with Crippen molar-refractivity contribution in [3.63, 3.8) is 0 Å². The molecule has 0 radical (unpaired) electrons. The van der Waals surface area contributed by atoms with Crippen LogP contribution >= 0.6 is 0 Å². The lowest BCUT2D eigenvalue weighted by Gasteiger charge is -2.00. The third-order valence-corrected chi connectivity index (χ3v) is 1.74. The molecule has 0 aliphatic carbocycles. The van der Waals surface area contributed by atoms with Crippen LogP contribution in [0.5, 0.6) is 0 Å². The van der Waals surface area contributed by atoms with Crippen LogP contribution in [0.4, 0.5) is 4.39 Å². The van der Waals surface area contributed by atoms with E-state index in [0.29, 0.717) is 0 Å². The zero-order valence-corrected chi connectivity index (χ0v) is 9.11. The molecule has 88 valence electrons. The van der Waals surface area contributed by atoms with Gasteiger partial charge in [0.05, 0.1) is 14.2 Å². The van der Waals surface area contributed by atoms with Crippen LogP contribution in [0.15, 0.2) is 12.3 Å². The Labute approximate surface area is 96.6 Å². The fourth-order valence-corrected chi connectivity index (χ4v) is 0.944. The molecule has 0 saturated carbocycles. The van der Waals surface area contributed by atoms with Gasteiger partial charge in [0.2, 0.25) is 5.95 Å². The molecule has 0 saturated heterocycles. The zero-order chi connectivity index (χ0) is 12.8. The lowest BCUT2D eigenvalue weighted by Crippen LogP contribution is -2.06. The number of hydrogen-bond donors (Lipinski definition) is 0. The first-order valence-electron chi connectivity index (χ1n) is 4.42. The van der Waals surface area contributed by atoms with Crippen molar-refractivity contribution >= 4 is 11.9 Å². The molecule has 0 fully saturated rings. The van der Waals surface area contributed by atoms with Crippen molar-refractivity contribution < 1.29 is 23.5 Å². The minimum atomic E-state index is -0.958. The molecule has 0 amide bonds. The molecule has 0 N–H and O–H groups in total.